The lowest BCUT2D eigenvalue weighted by atomic mass is 9.95. The SMILES string of the molecule is CC1=C(C(=O)Nc2ccccc2)[C@@H](c2ccc(Cl)cc2)NC(=S)N1. The molecular formula is C18H16ClN3OS. The summed E-state index contributed by atoms with van der Waals surface area (Å²) < 4.78 is 0. The standard InChI is InChI=1S/C18H16ClN3OS/c1-11-15(17(23)21-14-5-3-2-4-6-14)16(22-18(24)20-11)12-7-9-13(19)10-8-12/h2-10,16H,1H3,(H,21,23)(H2,20,22,24)/t16-/m1/s1. The van der Waals surface area contributed by atoms with Crippen LogP contribution in [-0.2, 0) is 4.79 Å². The van der Waals surface area contributed by atoms with Gasteiger partial charge in [0.15, 0.2) is 5.11 Å². The van der Waals surface area contributed by atoms with E-state index in [0.717, 1.165) is 16.9 Å². The van der Waals surface area contributed by atoms with E-state index in [1.807, 2.05) is 49.4 Å². The third-order valence-electron chi connectivity index (χ3n) is 3.75. The summed E-state index contributed by atoms with van der Waals surface area (Å²) >= 11 is 11.2. The highest BCUT2D eigenvalue weighted by molar-refractivity contribution is 7.80. The number of thiocarbonyl (C=S) groups is 1. The summed E-state index contributed by atoms with van der Waals surface area (Å²) in [5.41, 5.74) is 2.98. The zero-order valence-corrected chi connectivity index (χ0v) is 14.5. The zero-order chi connectivity index (χ0) is 17.1. The topological polar surface area (TPSA) is 53.2 Å². The van der Waals surface area contributed by atoms with Gasteiger partial charge in [0.25, 0.3) is 5.91 Å². The molecule has 0 spiro atoms. The zero-order valence-electron chi connectivity index (χ0n) is 13.0. The van der Waals surface area contributed by atoms with Crippen LogP contribution >= 0.6 is 23.8 Å². The van der Waals surface area contributed by atoms with Crippen molar-refractivity contribution in [1.29, 1.82) is 0 Å². The number of carbonyl (C=O) groups excluding carboxylic acids is 1. The van der Waals surface area contributed by atoms with Crippen molar-refractivity contribution in [3.63, 3.8) is 0 Å². The predicted molar refractivity (Wildman–Crippen MR) is 101 cm³/mol. The second-order valence-corrected chi connectivity index (χ2v) is 6.29. The van der Waals surface area contributed by atoms with Crippen LogP contribution in [-0.4, -0.2) is 11.0 Å². The van der Waals surface area contributed by atoms with E-state index in [4.69, 9.17) is 23.8 Å². The quantitative estimate of drug-likeness (QED) is 0.732. The number of para-hydroxylation sites is 1. The minimum absolute atomic E-state index is 0.179. The molecule has 2 aromatic carbocycles. The van der Waals surface area contributed by atoms with Gasteiger partial charge in [-0.3, -0.25) is 4.79 Å². The summed E-state index contributed by atoms with van der Waals surface area (Å²) in [6.07, 6.45) is 0. The van der Waals surface area contributed by atoms with Crippen molar-refractivity contribution in [2.75, 3.05) is 5.32 Å². The summed E-state index contributed by atoms with van der Waals surface area (Å²) in [7, 11) is 0. The summed E-state index contributed by atoms with van der Waals surface area (Å²) in [5.74, 6) is -0.179. The number of allylic oxidation sites excluding steroid dienone is 1. The van der Waals surface area contributed by atoms with Crippen LogP contribution < -0.4 is 16.0 Å². The van der Waals surface area contributed by atoms with Gasteiger partial charge in [-0.1, -0.05) is 41.9 Å². The molecule has 122 valence electrons. The largest absolute Gasteiger partial charge is 0.351 e. The van der Waals surface area contributed by atoms with Crippen LogP contribution in [0.1, 0.15) is 18.5 Å². The Morgan fingerprint density at radius 1 is 1.12 bits per heavy atom. The van der Waals surface area contributed by atoms with Gasteiger partial charge >= 0.3 is 0 Å². The maximum absolute atomic E-state index is 12.8. The van der Waals surface area contributed by atoms with E-state index >= 15 is 0 Å². The average molecular weight is 358 g/mol. The molecule has 24 heavy (non-hydrogen) atoms. The molecule has 0 aliphatic carbocycles. The van der Waals surface area contributed by atoms with E-state index in [1.165, 1.54) is 0 Å². The number of hydrogen-bond donors (Lipinski definition) is 3. The molecule has 0 unspecified atom stereocenters. The second-order valence-electron chi connectivity index (χ2n) is 5.44. The van der Waals surface area contributed by atoms with Gasteiger partial charge in [-0.2, -0.15) is 0 Å². The van der Waals surface area contributed by atoms with Crippen LogP contribution in [0.4, 0.5) is 5.69 Å². The van der Waals surface area contributed by atoms with E-state index in [-0.39, 0.29) is 11.9 Å². The molecule has 1 amide bonds. The molecule has 0 bridgehead atoms. The summed E-state index contributed by atoms with van der Waals surface area (Å²) in [6, 6.07) is 16.4. The number of benzene rings is 2. The van der Waals surface area contributed by atoms with E-state index in [9.17, 15) is 4.79 Å². The molecule has 0 radical (unpaired) electrons. The van der Waals surface area contributed by atoms with Crippen LogP contribution in [0.25, 0.3) is 0 Å². The third kappa shape index (κ3) is 3.58. The Labute approximate surface area is 150 Å². The van der Waals surface area contributed by atoms with Crippen molar-refractivity contribution in [2.45, 2.75) is 13.0 Å². The number of amides is 1. The Morgan fingerprint density at radius 2 is 1.79 bits per heavy atom. The maximum Gasteiger partial charge on any atom is 0.255 e. The molecule has 0 fully saturated rings. The van der Waals surface area contributed by atoms with Crippen LogP contribution in [0.2, 0.25) is 5.02 Å². The van der Waals surface area contributed by atoms with Gasteiger partial charge in [0.2, 0.25) is 0 Å². The fourth-order valence-corrected chi connectivity index (χ4v) is 3.02. The van der Waals surface area contributed by atoms with Crippen LogP contribution in [0.3, 0.4) is 0 Å². The fourth-order valence-electron chi connectivity index (χ4n) is 2.62. The number of halogens is 1. The molecule has 0 saturated heterocycles. The lowest BCUT2D eigenvalue weighted by Gasteiger charge is -2.30. The van der Waals surface area contributed by atoms with Crippen LogP contribution in [0.15, 0.2) is 65.9 Å². The van der Waals surface area contributed by atoms with Gasteiger partial charge in [-0.15, -0.1) is 0 Å². The Morgan fingerprint density at radius 3 is 2.46 bits per heavy atom. The van der Waals surface area contributed by atoms with Crippen molar-refractivity contribution in [3.05, 3.63) is 76.5 Å². The molecule has 3 rings (SSSR count). The monoisotopic (exact) mass is 357 g/mol. The molecule has 1 aliphatic heterocycles. The molecule has 1 aliphatic rings. The number of anilines is 1. The predicted octanol–water partition coefficient (Wildman–Crippen LogP) is 3.77. The third-order valence-corrected chi connectivity index (χ3v) is 4.22. The molecule has 0 saturated carbocycles. The lowest BCUT2D eigenvalue weighted by molar-refractivity contribution is -0.113. The van der Waals surface area contributed by atoms with Crippen LogP contribution in [0.5, 0.6) is 0 Å². The van der Waals surface area contributed by atoms with Gasteiger partial charge in [-0.25, -0.2) is 0 Å². The van der Waals surface area contributed by atoms with Gasteiger partial charge in [0, 0.05) is 16.4 Å². The highest BCUT2D eigenvalue weighted by Gasteiger charge is 2.29. The van der Waals surface area contributed by atoms with Crippen molar-refractivity contribution in [1.82, 2.24) is 10.6 Å². The van der Waals surface area contributed by atoms with Gasteiger partial charge in [0.05, 0.1) is 11.6 Å². The fraction of sp³-hybridized carbons (Fsp3) is 0.111. The first-order valence-corrected chi connectivity index (χ1v) is 8.23. The number of rotatable bonds is 3. The minimum Gasteiger partial charge on any atom is -0.351 e. The van der Waals surface area contributed by atoms with E-state index in [1.54, 1.807) is 12.1 Å². The van der Waals surface area contributed by atoms with Crippen molar-refractivity contribution >= 4 is 40.5 Å². The summed E-state index contributed by atoms with van der Waals surface area (Å²) in [6.45, 7) is 1.84. The smallest absolute Gasteiger partial charge is 0.255 e. The molecular weight excluding hydrogens is 342 g/mol. The Hall–Kier alpha value is -2.37. The van der Waals surface area contributed by atoms with Gasteiger partial charge in [0.1, 0.15) is 0 Å². The first-order chi connectivity index (χ1) is 11.5. The second kappa shape index (κ2) is 7.03. The van der Waals surface area contributed by atoms with Crippen LogP contribution in [0, 0.1) is 0 Å². The first kappa shape index (κ1) is 16.5. The Bertz CT molecular complexity index is 803. The minimum atomic E-state index is -0.334. The van der Waals surface area contributed by atoms with E-state index < -0.39 is 0 Å². The average Bonchev–Trinajstić information content (AvgIpc) is 2.55. The number of carbonyl (C=O) groups is 1. The molecule has 1 heterocycles. The van der Waals surface area contributed by atoms with Gasteiger partial charge < -0.3 is 16.0 Å². The summed E-state index contributed by atoms with van der Waals surface area (Å²) in [5, 5.41) is 10.2. The molecule has 3 N–H and O–H groups in total. The lowest BCUT2D eigenvalue weighted by Crippen LogP contribution is -2.45. The van der Waals surface area contributed by atoms with Gasteiger partial charge in [-0.05, 0) is 49.0 Å². The Balaban J connectivity index is 1.94. The van der Waals surface area contributed by atoms with E-state index in [2.05, 4.69) is 16.0 Å². The number of nitrogens with one attached hydrogen (secondary N) is 3. The molecule has 6 heteroatoms. The van der Waals surface area contributed by atoms with Crippen molar-refractivity contribution in [2.24, 2.45) is 0 Å². The van der Waals surface area contributed by atoms with Crippen molar-refractivity contribution < 1.29 is 4.79 Å². The molecule has 4 nitrogen and oxygen atoms in total. The molecule has 2 aromatic rings. The highest BCUT2D eigenvalue weighted by atomic mass is 35.5. The summed E-state index contributed by atoms with van der Waals surface area (Å²) in [4.78, 5) is 12.8. The Kier molecular flexibility index (Phi) is 4.83. The highest BCUT2D eigenvalue weighted by Crippen LogP contribution is 2.28. The normalized spacial score (nSPS) is 17.1. The van der Waals surface area contributed by atoms with Crippen molar-refractivity contribution in [3.8, 4) is 0 Å². The molecule has 1 atom stereocenters. The first-order valence-electron chi connectivity index (χ1n) is 7.45. The number of hydrogen-bond acceptors (Lipinski definition) is 2. The van der Waals surface area contributed by atoms with E-state index in [0.29, 0.717) is 15.7 Å². The molecule has 0 aromatic heterocycles. The maximum atomic E-state index is 12.8.